The molecule has 8 N–H and O–H groups in total. The predicted octanol–water partition coefficient (Wildman–Crippen LogP) is 10.7. The Labute approximate surface area is 639 Å². The lowest BCUT2D eigenvalue weighted by molar-refractivity contribution is -0.447. The van der Waals surface area contributed by atoms with Crippen molar-refractivity contribution in [3.63, 3.8) is 0 Å². The molecule has 0 bridgehead atoms. The van der Waals surface area contributed by atoms with Crippen LogP contribution >= 0.6 is 48.2 Å². The molecule has 2 aromatic heterocycles. The van der Waals surface area contributed by atoms with E-state index in [1.54, 1.807) is 12.1 Å². The molecule has 0 aliphatic carbocycles. The number of esters is 2. The van der Waals surface area contributed by atoms with Gasteiger partial charge in [0.05, 0.1) is 160 Å². The Morgan fingerprint density at radius 2 is 0.855 bits per heavy atom. The zero-order chi connectivity index (χ0) is 79.1. The van der Waals surface area contributed by atoms with E-state index in [-0.39, 0.29) is 131 Å². The summed E-state index contributed by atoms with van der Waals surface area (Å²) >= 11 is 2.24. The first-order chi connectivity index (χ1) is 53.1. The first-order valence-electron chi connectivity index (χ1n) is 30.2. The van der Waals surface area contributed by atoms with E-state index in [4.69, 9.17) is 48.0 Å². The molecule has 0 unspecified atom stereocenters. The maximum absolute atomic E-state index is 13.6. The lowest BCUT2D eigenvalue weighted by atomic mass is 10.1. The van der Waals surface area contributed by atoms with Crippen molar-refractivity contribution in [3.8, 4) is 36.4 Å². The first kappa shape index (κ1) is 83.4. The van der Waals surface area contributed by atoms with E-state index >= 15 is 0 Å². The van der Waals surface area contributed by atoms with Crippen molar-refractivity contribution in [2.45, 2.75) is 29.4 Å². The van der Waals surface area contributed by atoms with Crippen LogP contribution in [0.25, 0.3) is 21.5 Å². The molecule has 0 amide bonds. The van der Waals surface area contributed by atoms with E-state index in [2.05, 4.69) is 123 Å². The van der Waals surface area contributed by atoms with Crippen LogP contribution in [0.15, 0.2) is 147 Å². The summed E-state index contributed by atoms with van der Waals surface area (Å²) in [5.41, 5.74) is -0.948. The molecule has 0 saturated heterocycles. The van der Waals surface area contributed by atoms with Crippen LogP contribution in [0.2, 0.25) is 0 Å². The summed E-state index contributed by atoms with van der Waals surface area (Å²) in [4.78, 5) is 73.0. The van der Waals surface area contributed by atoms with Crippen LogP contribution in [-0.2, 0) is 95.1 Å². The average Bonchev–Trinajstić information content (AvgIpc) is 0.758. The second-order valence-electron chi connectivity index (χ2n) is 20.5. The third-order valence-corrected chi connectivity index (χ3v) is 18.9. The van der Waals surface area contributed by atoms with Gasteiger partial charge < -0.3 is 56.1 Å². The molecule has 0 fully saturated rings. The van der Waals surface area contributed by atoms with Crippen LogP contribution < -0.4 is 31.1 Å². The minimum Gasteiger partial charge on any atom is -0.505 e. The number of carbonyl (C=O) groups is 2. The molecule has 0 saturated carbocycles. The van der Waals surface area contributed by atoms with E-state index in [1.165, 1.54) is 79.8 Å². The fraction of sp³-hybridized carbons (Fsp3) is 0.194. The number of benzene rings is 7. The average molecular weight is 1640 g/mol. The Balaban J connectivity index is 1.10. The summed E-state index contributed by atoms with van der Waals surface area (Å²) in [7, 11) is -0.287. The molecular formula is C62H58N16O26S6. The SMILES string of the molecule is C#CN(C#C)c1nc(Nc2ccc(Nc3nc(Nc4cc(S(=O)(=O)OC)cc5cc(SOOOC)c(N=Nc6cc(SOOOC)ccc6C(=O)OC)c(O)c45)nc(N(CCO)CCO)n3)cc2)nc(Nc2cc(S(=O)(=O)OC)cc3cc(SOOOC)c(N=Nc4cc(SOOOC)ccc4C(=O)OC)c(O)c23)n1. The molecule has 0 atom stereocenters. The van der Waals surface area contributed by atoms with E-state index in [1.807, 2.05) is 0 Å². The van der Waals surface area contributed by atoms with Gasteiger partial charge in [0.1, 0.15) is 22.7 Å². The number of aliphatic hydroxyl groups is 2. The van der Waals surface area contributed by atoms with Crippen LogP contribution in [0.3, 0.4) is 0 Å². The van der Waals surface area contributed by atoms with Crippen LogP contribution in [0.5, 0.6) is 11.5 Å². The molecule has 0 radical (unpaired) electrons. The number of hydrogen-bond acceptors (Lipinski definition) is 46. The Kier molecular flexibility index (Phi) is 30.1. The van der Waals surface area contributed by atoms with E-state index in [0.717, 1.165) is 71.8 Å². The summed E-state index contributed by atoms with van der Waals surface area (Å²) in [6.45, 7) is -1.15. The number of aliphatic hydroxyl groups excluding tert-OH is 2. The highest BCUT2D eigenvalue weighted by Gasteiger charge is 2.28. The fourth-order valence-electron chi connectivity index (χ4n) is 9.34. The van der Waals surface area contributed by atoms with Crippen molar-refractivity contribution in [1.82, 2.24) is 29.9 Å². The van der Waals surface area contributed by atoms with Gasteiger partial charge in [0, 0.05) is 57.1 Å². The lowest BCUT2D eigenvalue weighted by Crippen LogP contribution is -2.31. The normalized spacial score (nSPS) is 11.6. The number of phenolic OH excluding ortho intramolecular Hbond substituents is 2. The monoisotopic (exact) mass is 1630 g/mol. The maximum Gasteiger partial charge on any atom is 0.340 e. The number of phenols is 2. The quantitative estimate of drug-likeness (QED) is 0.00203. The highest BCUT2D eigenvalue weighted by molar-refractivity contribution is 7.95. The van der Waals surface area contributed by atoms with Gasteiger partial charge in [0.25, 0.3) is 26.2 Å². The Bertz CT molecular complexity index is 5210. The highest BCUT2D eigenvalue weighted by Crippen LogP contribution is 2.50. The van der Waals surface area contributed by atoms with Crippen molar-refractivity contribution in [3.05, 3.63) is 108 Å². The second-order valence-corrected chi connectivity index (χ2v) is 26.9. The smallest absolute Gasteiger partial charge is 0.340 e. The van der Waals surface area contributed by atoms with E-state index in [9.17, 15) is 46.9 Å². The summed E-state index contributed by atoms with van der Waals surface area (Å²) < 4.78 is 93.9. The van der Waals surface area contributed by atoms with E-state index < -0.39 is 66.7 Å². The van der Waals surface area contributed by atoms with Crippen molar-refractivity contribution >= 4 is 183 Å². The Morgan fingerprint density at radius 3 is 1.21 bits per heavy atom. The number of aromatic hydroxyl groups is 2. The molecule has 2 heterocycles. The highest BCUT2D eigenvalue weighted by atomic mass is 32.2. The summed E-state index contributed by atoms with van der Waals surface area (Å²) in [5, 5.41) is 92.2. The molecule has 0 spiro atoms. The minimum absolute atomic E-state index is 0.00674. The molecule has 42 nitrogen and oxygen atoms in total. The molecule has 7 aromatic carbocycles. The molecule has 0 aliphatic rings. The zero-order valence-electron chi connectivity index (χ0n) is 57.8. The number of fused-ring (bicyclic) bond motifs is 2. The van der Waals surface area contributed by atoms with Crippen LogP contribution in [0.1, 0.15) is 20.7 Å². The minimum atomic E-state index is -4.55. The number of aromatic nitrogens is 6. The van der Waals surface area contributed by atoms with Crippen LogP contribution in [0, 0.1) is 24.9 Å². The van der Waals surface area contributed by atoms with Crippen molar-refractivity contribution in [2.24, 2.45) is 20.5 Å². The Morgan fingerprint density at radius 1 is 0.482 bits per heavy atom. The number of carbonyl (C=O) groups excluding carboxylic acids is 2. The summed E-state index contributed by atoms with van der Waals surface area (Å²) in [6, 6.07) is 26.2. The van der Waals surface area contributed by atoms with Crippen molar-refractivity contribution in [2.75, 3.05) is 114 Å². The van der Waals surface area contributed by atoms with E-state index in [0.29, 0.717) is 63.6 Å². The lowest BCUT2D eigenvalue weighted by Gasteiger charge is -2.22. The van der Waals surface area contributed by atoms with Gasteiger partial charge in [-0.3, -0.25) is 8.37 Å². The maximum atomic E-state index is 13.6. The number of nitrogens with one attached hydrogen (secondary N) is 4. The summed E-state index contributed by atoms with van der Waals surface area (Å²) in [6.07, 6.45) is 11.6. The number of rotatable bonds is 40. The van der Waals surface area contributed by atoms with Crippen molar-refractivity contribution < 1.29 is 122 Å². The Hall–Kier alpha value is -10.6. The van der Waals surface area contributed by atoms with Gasteiger partial charge in [-0.15, -0.1) is 37.8 Å². The van der Waals surface area contributed by atoms with Gasteiger partial charge in [-0.25, -0.2) is 29.1 Å². The molecular weight excluding hydrogens is 1580 g/mol. The topological polar surface area (TPSA) is 512 Å². The third-order valence-electron chi connectivity index (χ3n) is 14.0. The van der Waals surface area contributed by atoms with Crippen molar-refractivity contribution in [1.29, 1.82) is 0 Å². The number of hydrogen-bond donors (Lipinski definition) is 8. The first-order valence-corrected chi connectivity index (χ1v) is 36.0. The predicted molar refractivity (Wildman–Crippen MR) is 389 cm³/mol. The molecule has 48 heteroatoms. The number of methoxy groups -OCH3 is 2. The molecule has 110 heavy (non-hydrogen) atoms. The second kappa shape index (κ2) is 39.7. The van der Waals surface area contributed by atoms with Crippen LogP contribution in [0.4, 0.5) is 81.2 Å². The largest absolute Gasteiger partial charge is 0.505 e. The van der Waals surface area contributed by atoms with Gasteiger partial charge in [0.2, 0.25) is 29.7 Å². The number of nitrogens with zero attached hydrogens (tertiary/aromatic N) is 12. The standard InChI is InChI=1S/C62H58N16O26S6/c1-11-77(12-2)61-69-57(67-59(71-61)65-45-31-39(109(85,86)95-9)25-33-27-47(107-103-99-93-7)51(53(81)49(33)45)75-73-43-29-37(105-101-97-91-5)17-19-41(43)55(83)89-3)63-35-13-15-36(16-14-35)64-58-68-60(72-62(70-58)78(21-23-79)22-24-80)66-46-32-40(110(87,88)96-10)26-34-28-48(108-104-100-94-8)52(54(82)50(34)46)76-74-44-30-38(106-102-98-92-6)18-20-42(44)56(84)90-4/h1-2,13-20,25-32,79-82H,21-24H2,3-10H3,(H2,63,65,67,69,71)(H2,64,66,68,70,72). The molecule has 9 aromatic rings. The zero-order valence-corrected chi connectivity index (χ0v) is 62.7. The van der Waals surface area contributed by atoms with Gasteiger partial charge in [-0.1, -0.05) is 33.0 Å². The number of azo groups is 2. The number of ether oxygens (including phenoxy) is 2. The number of anilines is 10. The summed E-state index contributed by atoms with van der Waals surface area (Å²) in [5.74, 6) is -4.64. The number of terminal acetylenes is 2. The fourth-order valence-corrected chi connectivity index (χ4v) is 12.8. The van der Waals surface area contributed by atoms with Gasteiger partial charge in [-0.05, 0) is 108 Å². The van der Waals surface area contributed by atoms with Crippen LogP contribution in [-0.4, -0.2) is 162 Å². The molecule has 578 valence electrons. The molecule has 9 rings (SSSR count). The molecule has 0 aliphatic heterocycles. The van der Waals surface area contributed by atoms with Gasteiger partial charge >= 0.3 is 11.9 Å². The third kappa shape index (κ3) is 21.0. The van der Waals surface area contributed by atoms with Gasteiger partial charge in [-0.2, -0.15) is 51.6 Å². The van der Waals surface area contributed by atoms with Gasteiger partial charge in [0.15, 0.2) is 11.5 Å².